The third-order valence-corrected chi connectivity index (χ3v) is 4.25. The van der Waals surface area contributed by atoms with E-state index in [0.29, 0.717) is 29.6 Å². The summed E-state index contributed by atoms with van der Waals surface area (Å²) in [7, 11) is 0. The van der Waals surface area contributed by atoms with Crippen molar-refractivity contribution in [3.05, 3.63) is 35.8 Å². The molecule has 0 saturated heterocycles. The Morgan fingerprint density at radius 2 is 1.80 bits per heavy atom. The molecule has 1 fully saturated rings. The molecular weight excluding hydrogens is 259 g/mol. The first-order valence-corrected chi connectivity index (χ1v) is 7.18. The van der Waals surface area contributed by atoms with Crippen LogP contribution in [0.1, 0.15) is 50.4 Å². The standard InChI is InChI=1S/C16H19FO3/c17-12-5-6-13-11(9-12)10-14(20-13)15(18)16(19)7-3-1-2-4-8-16/h5-6,9-10,15,18-19H,1-4,7-8H2. The van der Waals surface area contributed by atoms with Crippen molar-refractivity contribution in [3.63, 3.8) is 0 Å². The highest BCUT2D eigenvalue weighted by Crippen LogP contribution is 2.39. The van der Waals surface area contributed by atoms with Gasteiger partial charge < -0.3 is 14.6 Å². The van der Waals surface area contributed by atoms with Crippen LogP contribution in [0.15, 0.2) is 28.7 Å². The van der Waals surface area contributed by atoms with Crippen molar-refractivity contribution in [3.8, 4) is 0 Å². The van der Waals surface area contributed by atoms with Crippen molar-refractivity contribution < 1.29 is 19.0 Å². The molecule has 0 aliphatic heterocycles. The number of rotatable bonds is 2. The monoisotopic (exact) mass is 278 g/mol. The quantitative estimate of drug-likeness (QED) is 0.824. The second-order valence-corrected chi connectivity index (χ2v) is 5.75. The van der Waals surface area contributed by atoms with Gasteiger partial charge in [0, 0.05) is 5.39 Å². The van der Waals surface area contributed by atoms with E-state index in [1.807, 2.05) is 0 Å². The summed E-state index contributed by atoms with van der Waals surface area (Å²) in [6.07, 6.45) is 4.06. The van der Waals surface area contributed by atoms with E-state index in [0.717, 1.165) is 25.7 Å². The Hall–Kier alpha value is -1.39. The van der Waals surface area contributed by atoms with Crippen LogP contribution >= 0.6 is 0 Å². The van der Waals surface area contributed by atoms with E-state index in [4.69, 9.17) is 4.42 Å². The Kier molecular flexibility index (Phi) is 3.52. The summed E-state index contributed by atoms with van der Waals surface area (Å²) in [5.74, 6) is -0.0254. The molecule has 1 aromatic heterocycles. The summed E-state index contributed by atoms with van der Waals surface area (Å²) >= 11 is 0. The van der Waals surface area contributed by atoms with Gasteiger partial charge in [-0.05, 0) is 37.1 Å². The first kappa shape index (κ1) is 13.6. The maximum Gasteiger partial charge on any atom is 0.140 e. The van der Waals surface area contributed by atoms with E-state index in [-0.39, 0.29) is 5.82 Å². The molecule has 108 valence electrons. The van der Waals surface area contributed by atoms with Gasteiger partial charge in [0.1, 0.15) is 23.3 Å². The third kappa shape index (κ3) is 2.45. The number of aliphatic hydroxyl groups is 2. The Morgan fingerprint density at radius 1 is 1.10 bits per heavy atom. The fraction of sp³-hybridized carbons (Fsp3) is 0.500. The van der Waals surface area contributed by atoms with E-state index in [9.17, 15) is 14.6 Å². The minimum absolute atomic E-state index is 0.315. The molecule has 1 unspecified atom stereocenters. The number of hydrogen-bond donors (Lipinski definition) is 2. The first-order valence-electron chi connectivity index (χ1n) is 7.18. The number of fused-ring (bicyclic) bond motifs is 1. The Labute approximate surface area is 117 Å². The second kappa shape index (κ2) is 5.19. The predicted octanol–water partition coefficient (Wildman–Crippen LogP) is 3.69. The molecule has 1 heterocycles. The van der Waals surface area contributed by atoms with E-state index < -0.39 is 11.7 Å². The van der Waals surface area contributed by atoms with Gasteiger partial charge in [0.25, 0.3) is 0 Å². The van der Waals surface area contributed by atoms with Crippen molar-refractivity contribution in [1.29, 1.82) is 0 Å². The molecule has 0 spiro atoms. The highest BCUT2D eigenvalue weighted by Gasteiger charge is 2.38. The lowest BCUT2D eigenvalue weighted by Gasteiger charge is -2.30. The smallest absolute Gasteiger partial charge is 0.140 e. The number of aliphatic hydroxyl groups excluding tert-OH is 1. The molecule has 0 bridgehead atoms. The van der Waals surface area contributed by atoms with E-state index >= 15 is 0 Å². The van der Waals surface area contributed by atoms with E-state index in [1.165, 1.54) is 18.2 Å². The first-order chi connectivity index (χ1) is 9.58. The Balaban J connectivity index is 1.92. The van der Waals surface area contributed by atoms with Gasteiger partial charge in [-0.15, -0.1) is 0 Å². The van der Waals surface area contributed by atoms with Crippen LogP contribution in [-0.2, 0) is 0 Å². The Bertz CT molecular complexity index is 597. The van der Waals surface area contributed by atoms with Crippen molar-refractivity contribution in [2.75, 3.05) is 0 Å². The fourth-order valence-corrected chi connectivity index (χ4v) is 3.05. The molecule has 0 radical (unpaired) electrons. The van der Waals surface area contributed by atoms with E-state index in [1.54, 1.807) is 6.07 Å². The predicted molar refractivity (Wildman–Crippen MR) is 73.8 cm³/mol. The zero-order valence-electron chi connectivity index (χ0n) is 11.3. The molecule has 4 heteroatoms. The fourth-order valence-electron chi connectivity index (χ4n) is 3.05. The van der Waals surface area contributed by atoms with Gasteiger partial charge in [0.05, 0.1) is 5.60 Å². The summed E-state index contributed by atoms with van der Waals surface area (Å²) in [5.41, 5.74) is -0.610. The minimum Gasteiger partial charge on any atom is -0.458 e. The summed E-state index contributed by atoms with van der Waals surface area (Å²) in [5, 5.41) is 21.7. The van der Waals surface area contributed by atoms with Crippen molar-refractivity contribution in [1.82, 2.24) is 0 Å². The van der Waals surface area contributed by atoms with Crippen LogP contribution in [-0.4, -0.2) is 15.8 Å². The largest absolute Gasteiger partial charge is 0.458 e. The summed E-state index contributed by atoms with van der Waals surface area (Å²) < 4.78 is 18.7. The summed E-state index contributed by atoms with van der Waals surface area (Å²) in [4.78, 5) is 0. The van der Waals surface area contributed by atoms with Crippen LogP contribution in [0.2, 0.25) is 0 Å². The van der Waals surface area contributed by atoms with Crippen LogP contribution in [0, 0.1) is 5.82 Å². The number of benzene rings is 1. The zero-order valence-corrected chi connectivity index (χ0v) is 11.3. The highest BCUT2D eigenvalue weighted by atomic mass is 19.1. The second-order valence-electron chi connectivity index (χ2n) is 5.75. The molecule has 1 aliphatic rings. The van der Waals surface area contributed by atoms with Gasteiger partial charge in [-0.2, -0.15) is 0 Å². The number of halogens is 1. The average Bonchev–Trinajstić information content (AvgIpc) is 2.71. The van der Waals surface area contributed by atoms with Crippen LogP contribution in [0.5, 0.6) is 0 Å². The average molecular weight is 278 g/mol. The third-order valence-electron chi connectivity index (χ3n) is 4.25. The minimum atomic E-state index is -1.14. The van der Waals surface area contributed by atoms with Crippen LogP contribution in [0.4, 0.5) is 4.39 Å². The van der Waals surface area contributed by atoms with Crippen LogP contribution < -0.4 is 0 Å². The molecule has 1 aromatic carbocycles. The number of hydrogen-bond acceptors (Lipinski definition) is 3. The van der Waals surface area contributed by atoms with Gasteiger partial charge in [-0.25, -0.2) is 4.39 Å². The zero-order chi connectivity index (χ0) is 14.2. The lowest BCUT2D eigenvalue weighted by molar-refractivity contribution is -0.0943. The SMILES string of the molecule is OC(c1cc2cc(F)ccc2o1)C1(O)CCCCCC1. The maximum absolute atomic E-state index is 13.2. The maximum atomic E-state index is 13.2. The molecular formula is C16H19FO3. The Morgan fingerprint density at radius 3 is 2.50 bits per heavy atom. The molecule has 2 aromatic rings. The molecule has 3 nitrogen and oxygen atoms in total. The van der Waals surface area contributed by atoms with Gasteiger partial charge in [0.2, 0.25) is 0 Å². The van der Waals surface area contributed by atoms with Crippen LogP contribution in [0.3, 0.4) is 0 Å². The van der Waals surface area contributed by atoms with Crippen LogP contribution in [0.25, 0.3) is 11.0 Å². The molecule has 1 saturated carbocycles. The number of furan rings is 1. The van der Waals surface area contributed by atoms with Gasteiger partial charge in [-0.1, -0.05) is 25.7 Å². The summed E-state index contributed by atoms with van der Waals surface area (Å²) in [6.45, 7) is 0. The normalized spacial score (nSPS) is 20.8. The van der Waals surface area contributed by atoms with Gasteiger partial charge >= 0.3 is 0 Å². The molecule has 1 aliphatic carbocycles. The summed E-state index contributed by atoms with van der Waals surface area (Å²) in [6, 6.07) is 5.85. The van der Waals surface area contributed by atoms with Crippen molar-refractivity contribution in [2.45, 2.75) is 50.2 Å². The molecule has 0 amide bonds. The lowest BCUT2D eigenvalue weighted by Crippen LogP contribution is -2.35. The van der Waals surface area contributed by atoms with Crippen molar-refractivity contribution in [2.24, 2.45) is 0 Å². The van der Waals surface area contributed by atoms with Crippen molar-refractivity contribution >= 4 is 11.0 Å². The van der Waals surface area contributed by atoms with Gasteiger partial charge in [0.15, 0.2) is 0 Å². The lowest BCUT2D eigenvalue weighted by atomic mass is 9.87. The molecule has 1 atom stereocenters. The topological polar surface area (TPSA) is 53.6 Å². The highest BCUT2D eigenvalue weighted by molar-refractivity contribution is 5.78. The molecule has 20 heavy (non-hydrogen) atoms. The molecule has 3 rings (SSSR count). The van der Waals surface area contributed by atoms with E-state index in [2.05, 4.69) is 0 Å². The van der Waals surface area contributed by atoms with Gasteiger partial charge in [-0.3, -0.25) is 0 Å². The molecule has 2 N–H and O–H groups in total.